The van der Waals surface area contributed by atoms with E-state index in [1.54, 1.807) is 0 Å². The van der Waals surface area contributed by atoms with Crippen molar-refractivity contribution in [2.45, 2.75) is 27.7 Å². The number of nitrogens with zero attached hydrogens (tertiary/aromatic N) is 2. The van der Waals surface area contributed by atoms with E-state index in [4.69, 9.17) is 5.73 Å². The van der Waals surface area contributed by atoms with Crippen LogP contribution in [0.2, 0.25) is 0 Å². The molecule has 1 atom stereocenters. The highest BCUT2D eigenvalue weighted by Gasteiger charge is 2.30. The van der Waals surface area contributed by atoms with Crippen LogP contribution < -0.4 is 5.73 Å². The quantitative estimate of drug-likeness (QED) is 0.810. The minimum Gasteiger partial charge on any atom is -0.339 e. The molecule has 0 aliphatic carbocycles. The van der Waals surface area contributed by atoms with Gasteiger partial charge >= 0.3 is 0 Å². The maximum Gasteiger partial charge on any atom is 0.227 e. The topological polar surface area (TPSA) is 66.6 Å². The largest absolute Gasteiger partial charge is 0.339 e. The summed E-state index contributed by atoms with van der Waals surface area (Å²) >= 11 is 0. The smallest absolute Gasteiger partial charge is 0.227 e. The fourth-order valence-corrected chi connectivity index (χ4v) is 2.41. The van der Waals surface area contributed by atoms with Gasteiger partial charge in [-0.3, -0.25) is 9.59 Å². The molecule has 5 nitrogen and oxygen atoms in total. The Kier molecular flexibility index (Phi) is 5.79. The van der Waals surface area contributed by atoms with Crippen molar-refractivity contribution in [3.8, 4) is 0 Å². The van der Waals surface area contributed by atoms with E-state index in [2.05, 4.69) is 0 Å². The maximum atomic E-state index is 12.3. The van der Waals surface area contributed by atoms with Gasteiger partial charge in [0.05, 0.1) is 5.92 Å². The predicted octanol–water partition coefficient (Wildman–Crippen LogP) is 0.544. The Morgan fingerprint density at radius 2 is 1.37 bits per heavy atom. The monoisotopic (exact) mass is 269 g/mol. The van der Waals surface area contributed by atoms with Crippen molar-refractivity contribution in [3.63, 3.8) is 0 Å². The van der Waals surface area contributed by atoms with Crippen molar-refractivity contribution in [1.29, 1.82) is 0 Å². The fraction of sp³-hybridized carbons (Fsp3) is 0.857. The molecule has 0 aromatic rings. The first-order valence-electron chi connectivity index (χ1n) is 7.16. The predicted molar refractivity (Wildman–Crippen MR) is 75.4 cm³/mol. The molecule has 0 aromatic heterocycles. The number of nitrogens with two attached hydrogens (primary N) is 1. The molecule has 0 spiro atoms. The molecule has 2 amide bonds. The van der Waals surface area contributed by atoms with Gasteiger partial charge in [-0.2, -0.15) is 0 Å². The van der Waals surface area contributed by atoms with Gasteiger partial charge < -0.3 is 15.5 Å². The molecule has 1 heterocycles. The zero-order valence-electron chi connectivity index (χ0n) is 12.6. The summed E-state index contributed by atoms with van der Waals surface area (Å²) < 4.78 is 0. The van der Waals surface area contributed by atoms with Crippen LogP contribution in [0.4, 0.5) is 0 Å². The molecule has 1 aliphatic heterocycles. The summed E-state index contributed by atoms with van der Waals surface area (Å²) in [6.07, 6.45) is 0. The number of amides is 2. The van der Waals surface area contributed by atoms with Crippen molar-refractivity contribution in [3.05, 3.63) is 0 Å². The van der Waals surface area contributed by atoms with E-state index in [1.165, 1.54) is 0 Å². The van der Waals surface area contributed by atoms with Gasteiger partial charge in [0, 0.05) is 38.6 Å². The molecule has 110 valence electrons. The molecule has 1 aliphatic rings. The lowest BCUT2D eigenvalue weighted by Crippen LogP contribution is -2.53. The molecule has 0 aromatic carbocycles. The zero-order chi connectivity index (χ0) is 14.6. The minimum absolute atomic E-state index is 0.0229. The van der Waals surface area contributed by atoms with Crippen LogP contribution in [0.15, 0.2) is 0 Å². The first-order chi connectivity index (χ1) is 8.88. The van der Waals surface area contributed by atoms with E-state index in [1.807, 2.05) is 37.5 Å². The molecular formula is C14H27N3O2. The highest BCUT2D eigenvalue weighted by atomic mass is 16.2. The normalized spacial score (nSPS) is 18.1. The summed E-state index contributed by atoms with van der Waals surface area (Å²) in [5, 5.41) is 0. The third-order valence-corrected chi connectivity index (χ3v) is 3.77. The third-order valence-electron chi connectivity index (χ3n) is 3.77. The van der Waals surface area contributed by atoms with Gasteiger partial charge in [-0.25, -0.2) is 0 Å². The number of hydrogen-bond acceptors (Lipinski definition) is 3. The molecule has 0 radical (unpaired) electrons. The van der Waals surface area contributed by atoms with Crippen molar-refractivity contribution in [1.82, 2.24) is 9.80 Å². The molecule has 19 heavy (non-hydrogen) atoms. The highest BCUT2D eigenvalue weighted by molar-refractivity contribution is 5.81. The van der Waals surface area contributed by atoms with E-state index in [-0.39, 0.29) is 29.6 Å². The Hall–Kier alpha value is -1.10. The summed E-state index contributed by atoms with van der Waals surface area (Å²) in [7, 11) is 0. The van der Waals surface area contributed by atoms with Gasteiger partial charge in [-0.1, -0.05) is 27.7 Å². The molecule has 1 rings (SSSR count). The van der Waals surface area contributed by atoms with Crippen molar-refractivity contribution >= 4 is 11.8 Å². The second kappa shape index (κ2) is 6.89. The minimum atomic E-state index is -0.104. The van der Waals surface area contributed by atoms with Crippen LogP contribution in [0, 0.1) is 17.8 Å². The van der Waals surface area contributed by atoms with Crippen LogP contribution in [-0.2, 0) is 9.59 Å². The molecule has 1 unspecified atom stereocenters. The first kappa shape index (κ1) is 16.0. The summed E-state index contributed by atoms with van der Waals surface area (Å²) in [6.45, 7) is 10.8. The molecule has 1 fully saturated rings. The lowest BCUT2D eigenvalue weighted by atomic mass is 9.94. The van der Waals surface area contributed by atoms with Crippen LogP contribution in [0.25, 0.3) is 0 Å². The number of carbonyl (C=O) groups excluding carboxylic acids is 2. The summed E-state index contributed by atoms with van der Waals surface area (Å²) in [5.41, 5.74) is 5.68. The summed E-state index contributed by atoms with van der Waals surface area (Å²) in [5.74, 6) is 0.482. The van der Waals surface area contributed by atoms with Gasteiger partial charge in [0.15, 0.2) is 0 Å². The van der Waals surface area contributed by atoms with E-state index >= 15 is 0 Å². The van der Waals surface area contributed by atoms with Gasteiger partial charge in [0.2, 0.25) is 11.8 Å². The highest BCUT2D eigenvalue weighted by Crippen LogP contribution is 2.15. The van der Waals surface area contributed by atoms with Crippen molar-refractivity contribution in [2.24, 2.45) is 23.5 Å². The molecule has 1 saturated heterocycles. The Labute approximate surface area is 116 Å². The fourth-order valence-electron chi connectivity index (χ4n) is 2.41. The maximum absolute atomic E-state index is 12.3. The Balaban J connectivity index is 2.54. The molecular weight excluding hydrogens is 242 g/mol. The number of carbonyl (C=O) groups is 2. The van der Waals surface area contributed by atoms with Crippen LogP contribution >= 0.6 is 0 Å². The van der Waals surface area contributed by atoms with Gasteiger partial charge in [-0.05, 0) is 5.92 Å². The summed E-state index contributed by atoms with van der Waals surface area (Å²) in [6, 6.07) is 0. The van der Waals surface area contributed by atoms with Crippen LogP contribution in [0.5, 0.6) is 0 Å². The Bertz CT molecular complexity index is 321. The van der Waals surface area contributed by atoms with Crippen molar-refractivity contribution < 1.29 is 9.59 Å². The average molecular weight is 269 g/mol. The number of hydrogen-bond donors (Lipinski definition) is 1. The second-order valence-electron chi connectivity index (χ2n) is 5.89. The van der Waals surface area contributed by atoms with Crippen molar-refractivity contribution in [2.75, 3.05) is 32.7 Å². The summed E-state index contributed by atoms with van der Waals surface area (Å²) in [4.78, 5) is 27.9. The number of piperazine rings is 1. The Morgan fingerprint density at radius 3 is 1.68 bits per heavy atom. The Morgan fingerprint density at radius 1 is 0.947 bits per heavy atom. The SMILES string of the molecule is CC(C)C(=O)N1CCN(C(=O)C(CN)C(C)C)CC1. The molecule has 0 saturated carbocycles. The van der Waals surface area contributed by atoms with Gasteiger partial charge in [0.1, 0.15) is 0 Å². The third kappa shape index (κ3) is 3.93. The first-order valence-corrected chi connectivity index (χ1v) is 7.16. The van der Waals surface area contributed by atoms with Gasteiger partial charge in [0.25, 0.3) is 0 Å². The lowest BCUT2D eigenvalue weighted by Gasteiger charge is -2.37. The van der Waals surface area contributed by atoms with E-state index in [0.717, 1.165) is 0 Å². The molecule has 0 bridgehead atoms. The zero-order valence-corrected chi connectivity index (χ0v) is 12.6. The van der Waals surface area contributed by atoms with Crippen LogP contribution in [0.3, 0.4) is 0 Å². The lowest BCUT2D eigenvalue weighted by molar-refractivity contribution is -0.144. The average Bonchev–Trinajstić information content (AvgIpc) is 2.38. The standard InChI is InChI=1S/C14H27N3O2/c1-10(2)12(9-15)14(19)17-7-5-16(6-8-17)13(18)11(3)4/h10-12H,5-9,15H2,1-4H3. The molecule has 2 N–H and O–H groups in total. The molecule has 5 heteroatoms. The van der Waals surface area contributed by atoms with Crippen LogP contribution in [0.1, 0.15) is 27.7 Å². The van der Waals surface area contributed by atoms with E-state index in [9.17, 15) is 9.59 Å². The second-order valence-corrected chi connectivity index (χ2v) is 5.89. The van der Waals surface area contributed by atoms with E-state index in [0.29, 0.717) is 32.7 Å². The van der Waals surface area contributed by atoms with Crippen LogP contribution in [-0.4, -0.2) is 54.3 Å². The van der Waals surface area contributed by atoms with E-state index < -0.39 is 0 Å². The number of rotatable bonds is 4. The van der Waals surface area contributed by atoms with Gasteiger partial charge in [-0.15, -0.1) is 0 Å².